The summed E-state index contributed by atoms with van der Waals surface area (Å²) in [6, 6.07) is -0.889. The minimum atomic E-state index is -1.07. The van der Waals surface area contributed by atoms with E-state index in [1.54, 1.807) is 4.90 Å². The molecule has 2 rings (SSSR count). The van der Waals surface area contributed by atoms with Crippen molar-refractivity contribution in [3.8, 4) is 0 Å². The maximum absolute atomic E-state index is 12.5. The maximum Gasteiger partial charge on any atom is 0.328 e. The number of carboxylic acids is 1. The molecule has 2 heterocycles. The van der Waals surface area contributed by atoms with Crippen LogP contribution in [-0.4, -0.2) is 71.1 Å². The lowest BCUT2D eigenvalue weighted by molar-refractivity contribution is -0.160. The first kappa shape index (κ1) is 14.8. The number of likely N-dealkylation sites (tertiary alicyclic amines) is 1. The quantitative estimate of drug-likeness (QED) is 0.759. The second-order valence-electron chi connectivity index (χ2n) is 5.50. The van der Waals surface area contributed by atoms with E-state index in [9.17, 15) is 14.4 Å². The van der Waals surface area contributed by atoms with Gasteiger partial charge in [0.15, 0.2) is 6.04 Å². The molecule has 112 valence electrons. The summed E-state index contributed by atoms with van der Waals surface area (Å²) >= 11 is 0. The van der Waals surface area contributed by atoms with Crippen molar-refractivity contribution in [2.45, 2.75) is 32.4 Å². The van der Waals surface area contributed by atoms with Crippen LogP contribution in [0.4, 0.5) is 0 Å². The zero-order chi connectivity index (χ0) is 14.9. The van der Waals surface area contributed by atoms with Gasteiger partial charge in [-0.3, -0.25) is 9.59 Å². The molecule has 0 aromatic carbocycles. The molecule has 0 spiro atoms. The van der Waals surface area contributed by atoms with Crippen LogP contribution in [0.2, 0.25) is 0 Å². The molecule has 2 aliphatic rings. The molecule has 0 aromatic heterocycles. The van der Waals surface area contributed by atoms with Crippen LogP contribution in [0.1, 0.15) is 20.3 Å². The summed E-state index contributed by atoms with van der Waals surface area (Å²) in [6.45, 7) is 4.79. The first-order chi connectivity index (χ1) is 9.41. The lowest BCUT2D eigenvalue weighted by atomic mass is 10.1. The minimum Gasteiger partial charge on any atom is -0.480 e. The van der Waals surface area contributed by atoms with Gasteiger partial charge in [-0.05, 0) is 13.8 Å². The molecule has 2 fully saturated rings. The number of morpholine rings is 1. The Bertz CT molecular complexity index is 423. The molecule has 2 atom stereocenters. The van der Waals surface area contributed by atoms with E-state index < -0.39 is 17.9 Å². The summed E-state index contributed by atoms with van der Waals surface area (Å²) in [5.41, 5.74) is 0. The van der Waals surface area contributed by atoms with E-state index in [1.165, 1.54) is 4.90 Å². The molecule has 0 unspecified atom stereocenters. The lowest BCUT2D eigenvalue weighted by Gasteiger charge is -2.34. The van der Waals surface area contributed by atoms with Gasteiger partial charge in [0.2, 0.25) is 11.8 Å². The molecule has 2 amide bonds. The average molecular weight is 284 g/mol. The lowest BCUT2D eigenvalue weighted by Crippen LogP contribution is -2.54. The topological polar surface area (TPSA) is 87.2 Å². The van der Waals surface area contributed by atoms with Crippen LogP contribution in [0.15, 0.2) is 0 Å². The summed E-state index contributed by atoms with van der Waals surface area (Å²) < 4.78 is 5.11. The third-order valence-electron chi connectivity index (χ3n) is 3.83. The predicted octanol–water partition coefficient (Wildman–Crippen LogP) is -0.445. The summed E-state index contributed by atoms with van der Waals surface area (Å²) in [5.74, 6) is -1.80. The fraction of sp³-hybridized carbons (Fsp3) is 0.769. The van der Waals surface area contributed by atoms with Gasteiger partial charge in [-0.25, -0.2) is 4.79 Å². The first-order valence-electron chi connectivity index (χ1n) is 6.82. The fourth-order valence-electron chi connectivity index (χ4n) is 2.70. The van der Waals surface area contributed by atoms with E-state index in [0.717, 1.165) is 0 Å². The second kappa shape index (κ2) is 5.78. The average Bonchev–Trinajstić information content (AvgIpc) is 2.80. The van der Waals surface area contributed by atoms with Crippen LogP contribution in [-0.2, 0) is 19.1 Å². The van der Waals surface area contributed by atoms with Gasteiger partial charge in [0.1, 0.15) is 0 Å². The molecule has 2 aliphatic heterocycles. The molecule has 20 heavy (non-hydrogen) atoms. The van der Waals surface area contributed by atoms with Crippen molar-refractivity contribution in [3.05, 3.63) is 0 Å². The van der Waals surface area contributed by atoms with Crippen LogP contribution in [0.3, 0.4) is 0 Å². The Morgan fingerprint density at radius 1 is 1.40 bits per heavy atom. The highest BCUT2D eigenvalue weighted by Crippen LogP contribution is 2.23. The Balaban J connectivity index is 2.07. The summed E-state index contributed by atoms with van der Waals surface area (Å²) in [6.07, 6.45) is 0.167. The van der Waals surface area contributed by atoms with Crippen LogP contribution < -0.4 is 0 Å². The van der Waals surface area contributed by atoms with E-state index in [-0.39, 0.29) is 37.4 Å². The Hall–Kier alpha value is -1.63. The number of nitrogens with zero attached hydrogens (tertiary/aromatic N) is 2. The third kappa shape index (κ3) is 2.77. The minimum absolute atomic E-state index is 0.00956. The van der Waals surface area contributed by atoms with Crippen molar-refractivity contribution < 1.29 is 24.2 Å². The third-order valence-corrected chi connectivity index (χ3v) is 3.83. The van der Waals surface area contributed by atoms with Crippen LogP contribution in [0.5, 0.6) is 0 Å². The van der Waals surface area contributed by atoms with Gasteiger partial charge in [0.25, 0.3) is 0 Å². The Morgan fingerprint density at radius 3 is 2.65 bits per heavy atom. The van der Waals surface area contributed by atoms with Crippen molar-refractivity contribution in [1.82, 2.24) is 9.80 Å². The first-order valence-corrected chi connectivity index (χ1v) is 6.82. The van der Waals surface area contributed by atoms with E-state index in [1.807, 2.05) is 13.8 Å². The zero-order valence-electron chi connectivity index (χ0n) is 11.7. The number of amides is 2. The number of carboxylic acid groups (broad SMARTS) is 1. The molecule has 7 heteroatoms. The molecule has 7 nitrogen and oxygen atoms in total. The highest BCUT2D eigenvalue weighted by molar-refractivity contribution is 5.91. The van der Waals surface area contributed by atoms with Gasteiger partial charge >= 0.3 is 5.97 Å². The Labute approximate surface area is 117 Å². The van der Waals surface area contributed by atoms with Crippen LogP contribution in [0.25, 0.3) is 0 Å². The van der Waals surface area contributed by atoms with Gasteiger partial charge in [-0.1, -0.05) is 0 Å². The number of carbonyl (C=O) groups excluding carboxylic acids is 2. The normalized spacial score (nSPS) is 27.2. The van der Waals surface area contributed by atoms with E-state index in [0.29, 0.717) is 13.2 Å². The fourth-order valence-corrected chi connectivity index (χ4v) is 2.70. The number of hydrogen-bond acceptors (Lipinski definition) is 4. The molecular weight excluding hydrogens is 264 g/mol. The highest BCUT2D eigenvalue weighted by Gasteiger charge is 2.41. The monoisotopic (exact) mass is 284 g/mol. The summed E-state index contributed by atoms with van der Waals surface area (Å²) in [4.78, 5) is 38.5. The number of hydrogen-bond donors (Lipinski definition) is 1. The largest absolute Gasteiger partial charge is 0.480 e. The van der Waals surface area contributed by atoms with Crippen LogP contribution >= 0.6 is 0 Å². The predicted molar refractivity (Wildman–Crippen MR) is 68.9 cm³/mol. The van der Waals surface area contributed by atoms with Gasteiger partial charge < -0.3 is 19.6 Å². The number of aliphatic carboxylic acids is 1. The second-order valence-corrected chi connectivity index (χ2v) is 5.50. The Kier molecular flexibility index (Phi) is 4.27. The Morgan fingerprint density at radius 2 is 2.10 bits per heavy atom. The van der Waals surface area contributed by atoms with Crippen molar-refractivity contribution in [2.75, 3.05) is 26.3 Å². The van der Waals surface area contributed by atoms with E-state index in [2.05, 4.69) is 0 Å². The van der Waals surface area contributed by atoms with E-state index >= 15 is 0 Å². The molecule has 0 radical (unpaired) electrons. The summed E-state index contributed by atoms with van der Waals surface area (Å²) in [7, 11) is 0. The molecule has 0 aliphatic carbocycles. The van der Waals surface area contributed by atoms with Gasteiger partial charge in [-0.2, -0.15) is 0 Å². The highest BCUT2D eigenvalue weighted by atomic mass is 16.5. The zero-order valence-corrected chi connectivity index (χ0v) is 11.7. The number of ether oxygens (including phenoxy) is 1. The van der Waals surface area contributed by atoms with E-state index in [4.69, 9.17) is 9.84 Å². The summed E-state index contributed by atoms with van der Waals surface area (Å²) in [5, 5.41) is 9.14. The molecule has 0 saturated carbocycles. The molecule has 2 saturated heterocycles. The van der Waals surface area contributed by atoms with Crippen molar-refractivity contribution in [1.29, 1.82) is 0 Å². The van der Waals surface area contributed by atoms with Crippen molar-refractivity contribution >= 4 is 17.8 Å². The van der Waals surface area contributed by atoms with Gasteiger partial charge in [0.05, 0.1) is 19.1 Å². The van der Waals surface area contributed by atoms with Gasteiger partial charge in [-0.15, -0.1) is 0 Å². The SMILES string of the molecule is CC(C)N1C[C@H](C(=O)N2CCOC[C@@H]2C(=O)O)CC1=O. The van der Waals surface area contributed by atoms with Crippen molar-refractivity contribution in [3.63, 3.8) is 0 Å². The van der Waals surface area contributed by atoms with Gasteiger partial charge in [0, 0.05) is 25.6 Å². The molecular formula is C13H20N2O5. The maximum atomic E-state index is 12.5. The smallest absolute Gasteiger partial charge is 0.328 e. The van der Waals surface area contributed by atoms with Crippen molar-refractivity contribution in [2.24, 2.45) is 5.92 Å². The number of rotatable bonds is 3. The number of carbonyl (C=O) groups is 3. The molecule has 1 N–H and O–H groups in total. The molecule has 0 bridgehead atoms. The molecule has 0 aromatic rings. The van der Waals surface area contributed by atoms with Crippen LogP contribution in [0, 0.1) is 5.92 Å². The standard InChI is InChI=1S/C13H20N2O5/c1-8(2)15-6-9(5-11(15)16)12(17)14-3-4-20-7-10(14)13(18)19/h8-10H,3-7H2,1-2H3,(H,18,19)/t9-,10-/m1/s1.